The number of carbonyl (C=O) groups excluding carboxylic acids is 1. The van der Waals surface area contributed by atoms with Crippen LogP contribution < -0.4 is 15.9 Å². The zero-order valence-electron chi connectivity index (χ0n) is 18.6. The molecule has 0 aliphatic heterocycles. The molecule has 7 nitrogen and oxygen atoms in total. The smallest absolute Gasteiger partial charge is 0.238 e. The first-order valence-corrected chi connectivity index (χ1v) is 11.6. The van der Waals surface area contributed by atoms with Crippen LogP contribution in [0.2, 0.25) is 0 Å². The van der Waals surface area contributed by atoms with Crippen molar-refractivity contribution in [2.45, 2.75) is 62.1 Å². The Morgan fingerprint density at radius 1 is 1.16 bits per heavy atom. The Bertz CT molecular complexity index is 1060. The second kappa shape index (κ2) is 9.24. The Hall–Kier alpha value is -3.00. The fourth-order valence-corrected chi connectivity index (χ4v) is 4.18. The Morgan fingerprint density at radius 2 is 1.84 bits per heavy atom. The summed E-state index contributed by atoms with van der Waals surface area (Å²) in [4.78, 5) is 12.9. The van der Waals surface area contributed by atoms with Gasteiger partial charge in [0.2, 0.25) is 11.1 Å². The number of amides is 1. The van der Waals surface area contributed by atoms with Crippen LogP contribution in [0.15, 0.2) is 59.8 Å². The van der Waals surface area contributed by atoms with Gasteiger partial charge in [-0.05, 0) is 41.5 Å². The van der Waals surface area contributed by atoms with Crippen molar-refractivity contribution in [1.82, 2.24) is 20.2 Å². The summed E-state index contributed by atoms with van der Waals surface area (Å²) < 4.78 is 7.26. The number of aromatic nitrogens is 3. The van der Waals surface area contributed by atoms with Crippen LogP contribution >= 0.6 is 11.8 Å². The van der Waals surface area contributed by atoms with Crippen LogP contribution in [0, 0.1) is 0 Å². The number of hydrogen-bond donors (Lipinski definition) is 2. The number of ether oxygens (including phenoxy) is 1. The molecule has 4 rings (SSSR count). The normalized spacial score (nSPS) is 14.7. The number of thioether (sulfide) groups is 1. The number of nitrogens with two attached hydrogens (primary N) is 1. The molecule has 1 unspecified atom stereocenters. The molecule has 32 heavy (non-hydrogen) atoms. The molecule has 1 heterocycles. The van der Waals surface area contributed by atoms with Gasteiger partial charge in [-0.25, -0.2) is 4.68 Å². The minimum atomic E-state index is -0.456. The lowest BCUT2D eigenvalue weighted by Gasteiger charge is -2.19. The van der Waals surface area contributed by atoms with Crippen LogP contribution in [-0.2, 0) is 16.8 Å². The van der Waals surface area contributed by atoms with E-state index in [4.69, 9.17) is 10.6 Å². The van der Waals surface area contributed by atoms with Crippen molar-refractivity contribution >= 4 is 17.7 Å². The summed E-state index contributed by atoms with van der Waals surface area (Å²) in [6.45, 7) is 6.70. The molecule has 0 bridgehead atoms. The maximum Gasteiger partial charge on any atom is 0.238 e. The van der Waals surface area contributed by atoms with Gasteiger partial charge in [0.1, 0.15) is 17.6 Å². The molecule has 0 radical (unpaired) electrons. The van der Waals surface area contributed by atoms with Crippen molar-refractivity contribution in [3.8, 4) is 5.75 Å². The second-order valence-electron chi connectivity index (χ2n) is 9.02. The molecule has 0 saturated heterocycles. The summed E-state index contributed by atoms with van der Waals surface area (Å²) in [7, 11) is 0. The Balaban J connectivity index is 1.44. The maximum atomic E-state index is 12.9. The predicted octanol–water partition coefficient (Wildman–Crippen LogP) is 3.98. The third-order valence-electron chi connectivity index (χ3n) is 5.31. The SMILES string of the molecule is CC(C)(C)c1ccc(OCc2nnc(SC(C(=O)NC3CC3)c3ccccc3)n2N)cc1. The van der Waals surface area contributed by atoms with Crippen LogP contribution in [0.5, 0.6) is 5.75 Å². The molecular weight excluding hydrogens is 422 g/mol. The third-order valence-corrected chi connectivity index (χ3v) is 6.52. The number of carbonyl (C=O) groups is 1. The average molecular weight is 452 g/mol. The second-order valence-corrected chi connectivity index (χ2v) is 10.1. The van der Waals surface area contributed by atoms with Crippen molar-refractivity contribution in [3.05, 3.63) is 71.5 Å². The predicted molar refractivity (Wildman–Crippen MR) is 126 cm³/mol. The molecule has 3 aromatic rings. The van der Waals surface area contributed by atoms with Crippen molar-refractivity contribution in [1.29, 1.82) is 0 Å². The molecule has 1 aromatic heterocycles. The number of rotatable bonds is 8. The van der Waals surface area contributed by atoms with Gasteiger partial charge in [0.05, 0.1) is 0 Å². The first-order valence-electron chi connectivity index (χ1n) is 10.8. The van der Waals surface area contributed by atoms with Gasteiger partial charge in [-0.15, -0.1) is 10.2 Å². The largest absolute Gasteiger partial charge is 0.486 e. The molecule has 1 amide bonds. The maximum absolute atomic E-state index is 12.9. The number of nitrogens with zero attached hydrogens (tertiary/aromatic N) is 3. The highest BCUT2D eigenvalue weighted by Gasteiger charge is 2.30. The highest BCUT2D eigenvalue weighted by molar-refractivity contribution is 8.00. The summed E-state index contributed by atoms with van der Waals surface area (Å²) >= 11 is 1.29. The zero-order chi connectivity index (χ0) is 22.7. The lowest BCUT2D eigenvalue weighted by molar-refractivity contribution is -0.120. The molecule has 1 atom stereocenters. The van der Waals surface area contributed by atoms with E-state index in [1.807, 2.05) is 42.5 Å². The standard InChI is InChI=1S/C24H29N5O2S/c1-24(2,3)17-9-13-19(14-10-17)31-15-20-27-28-23(29(20)25)32-21(16-7-5-4-6-8-16)22(30)26-18-11-12-18/h4-10,13-14,18,21H,11-12,15,25H2,1-3H3,(H,26,30). The van der Waals surface area contributed by atoms with Gasteiger partial charge in [-0.1, -0.05) is 75.0 Å². The van der Waals surface area contributed by atoms with Crippen LogP contribution in [-0.4, -0.2) is 26.8 Å². The zero-order valence-corrected chi connectivity index (χ0v) is 19.4. The van der Waals surface area contributed by atoms with E-state index in [1.165, 1.54) is 22.0 Å². The molecule has 1 aliphatic carbocycles. The van der Waals surface area contributed by atoms with Crippen LogP contribution in [0.3, 0.4) is 0 Å². The lowest BCUT2D eigenvalue weighted by atomic mass is 9.87. The molecule has 2 aromatic carbocycles. The van der Waals surface area contributed by atoms with E-state index < -0.39 is 5.25 Å². The number of nitrogens with one attached hydrogen (secondary N) is 1. The summed E-state index contributed by atoms with van der Waals surface area (Å²) in [5.74, 6) is 7.43. The van der Waals surface area contributed by atoms with Gasteiger partial charge >= 0.3 is 0 Å². The monoisotopic (exact) mass is 451 g/mol. The van der Waals surface area contributed by atoms with E-state index in [9.17, 15) is 4.79 Å². The van der Waals surface area contributed by atoms with E-state index in [1.54, 1.807) is 0 Å². The fourth-order valence-electron chi connectivity index (χ4n) is 3.20. The van der Waals surface area contributed by atoms with Gasteiger partial charge in [-0.2, -0.15) is 0 Å². The summed E-state index contributed by atoms with van der Waals surface area (Å²) in [6, 6.07) is 17.9. The number of nitrogen functional groups attached to an aromatic ring is 1. The molecule has 168 valence electrons. The minimum Gasteiger partial charge on any atom is -0.486 e. The molecule has 1 saturated carbocycles. The van der Waals surface area contributed by atoms with Gasteiger partial charge < -0.3 is 15.9 Å². The highest BCUT2D eigenvalue weighted by atomic mass is 32.2. The number of hydrogen-bond acceptors (Lipinski definition) is 6. The first kappa shape index (κ1) is 22.2. The topological polar surface area (TPSA) is 95.1 Å². The van der Waals surface area contributed by atoms with Crippen molar-refractivity contribution < 1.29 is 9.53 Å². The van der Waals surface area contributed by atoms with E-state index in [2.05, 4.69) is 48.4 Å². The van der Waals surface area contributed by atoms with Gasteiger partial charge in [0, 0.05) is 6.04 Å². The quantitative estimate of drug-likeness (QED) is 0.397. The summed E-state index contributed by atoms with van der Waals surface area (Å²) in [6.07, 6.45) is 2.06. The molecule has 1 fully saturated rings. The highest BCUT2D eigenvalue weighted by Crippen LogP contribution is 2.35. The van der Waals surface area contributed by atoms with E-state index in [0.717, 1.165) is 24.2 Å². The van der Waals surface area contributed by atoms with Crippen LogP contribution in [0.25, 0.3) is 0 Å². The molecule has 1 aliphatic rings. The molecular formula is C24H29N5O2S. The Morgan fingerprint density at radius 3 is 2.47 bits per heavy atom. The van der Waals surface area contributed by atoms with E-state index >= 15 is 0 Å². The van der Waals surface area contributed by atoms with Crippen molar-refractivity contribution in [3.63, 3.8) is 0 Å². The van der Waals surface area contributed by atoms with E-state index in [0.29, 0.717) is 11.0 Å². The van der Waals surface area contributed by atoms with E-state index in [-0.39, 0.29) is 24.0 Å². The van der Waals surface area contributed by atoms with Gasteiger partial charge in [0.15, 0.2) is 5.82 Å². The van der Waals surface area contributed by atoms with Gasteiger partial charge in [0.25, 0.3) is 0 Å². The van der Waals surface area contributed by atoms with Gasteiger partial charge in [-0.3, -0.25) is 4.79 Å². The molecule has 8 heteroatoms. The first-order chi connectivity index (χ1) is 15.3. The Labute approximate surface area is 192 Å². The average Bonchev–Trinajstić information content (AvgIpc) is 3.52. The summed E-state index contributed by atoms with van der Waals surface area (Å²) in [5, 5.41) is 11.5. The Kier molecular flexibility index (Phi) is 6.41. The summed E-state index contributed by atoms with van der Waals surface area (Å²) in [5.41, 5.74) is 2.22. The van der Waals surface area contributed by atoms with Crippen LogP contribution in [0.4, 0.5) is 0 Å². The molecule has 0 spiro atoms. The third kappa shape index (κ3) is 5.43. The molecule has 3 N–H and O–H groups in total. The number of benzene rings is 2. The van der Waals surface area contributed by atoms with Crippen molar-refractivity contribution in [2.24, 2.45) is 0 Å². The van der Waals surface area contributed by atoms with Crippen LogP contribution in [0.1, 0.15) is 55.8 Å². The lowest BCUT2D eigenvalue weighted by Crippen LogP contribution is -2.30. The van der Waals surface area contributed by atoms with Crippen molar-refractivity contribution in [2.75, 3.05) is 5.84 Å². The fraction of sp³-hybridized carbons (Fsp3) is 0.375. The minimum absolute atomic E-state index is 0.0385.